The number of carboxylic acid groups (broad SMARTS) is 1. The van der Waals surface area contributed by atoms with E-state index in [0.29, 0.717) is 12.2 Å². The number of non-ortho nitro benzene ring substituents is 1. The Morgan fingerprint density at radius 1 is 1.65 bits per heavy atom. The number of carbonyl (C=O) groups is 1. The van der Waals surface area contributed by atoms with Crippen LogP contribution in [0.4, 0.5) is 5.69 Å². The second-order valence-corrected chi connectivity index (χ2v) is 3.99. The Bertz CT molecular complexity index is 481. The van der Waals surface area contributed by atoms with Gasteiger partial charge in [0.2, 0.25) is 0 Å². The minimum Gasteiger partial charge on any atom is -0.478 e. The van der Waals surface area contributed by atoms with E-state index in [1.54, 1.807) is 0 Å². The molecule has 17 heavy (non-hydrogen) atoms. The number of benzene rings is 1. The fraction of sp³-hybridized carbons (Fsp3) is 0.364. The first-order chi connectivity index (χ1) is 8.00. The number of epoxide rings is 1. The average molecular weight is 237 g/mol. The number of nitrogens with zero attached hydrogens (tertiary/aromatic N) is 1. The lowest BCUT2D eigenvalue weighted by molar-refractivity contribution is -0.384. The van der Waals surface area contributed by atoms with Crippen LogP contribution in [0, 0.1) is 10.1 Å². The van der Waals surface area contributed by atoms with Crippen LogP contribution >= 0.6 is 0 Å². The van der Waals surface area contributed by atoms with Gasteiger partial charge in [0.05, 0.1) is 23.2 Å². The second kappa shape index (κ2) is 4.14. The molecule has 1 aromatic rings. The van der Waals surface area contributed by atoms with E-state index < -0.39 is 10.9 Å². The first-order valence-electron chi connectivity index (χ1n) is 5.14. The SMILES string of the molecule is CC(c1cc([N+](=O)[O-])ccc1C(=O)O)C1CO1. The molecule has 90 valence electrons. The summed E-state index contributed by atoms with van der Waals surface area (Å²) in [5.74, 6) is -1.23. The Kier molecular flexibility index (Phi) is 2.81. The van der Waals surface area contributed by atoms with Gasteiger partial charge in [0.1, 0.15) is 0 Å². The number of rotatable bonds is 4. The lowest BCUT2D eigenvalue weighted by Gasteiger charge is -2.11. The summed E-state index contributed by atoms with van der Waals surface area (Å²) in [4.78, 5) is 21.2. The number of carboxylic acids is 1. The number of hydrogen-bond acceptors (Lipinski definition) is 4. The highest BCUT2D eigenvalue weighted by Gasteiger charge is 2.33. The van der Waals surface area contributed by atoms with Crippen molar-refractivity contribution in [3.05, 3.63) is 39.4 Å². The molecule has 2 rings (SSSR count). The number of hydrogen-bond donors (Lipinski definition) is 1. The molecule has 6 nitrogen and oxygen atoms in total. The molecule has 0 aromatic heterocycles. The van der Waals surface area contributed by atoms with Gasteiger partial charge in [-0.15, -0.1) is 0 Å². The van der Waals surface area contributed by atoms with E-state index in [2.05, 4.69) is 0 Å². The normalized spacial score (nSPS) is 19.7. The maximum absolute atomic E-state index is 11.0. The van der Waals surface area contributed by atoms with Gasteiger partial charge in [-0.1, -0.05) is 6.92 Å². The standard InChI is InChI=1S/C11H11NO5/c1-6(10-5-17-10)9-4-7(12(15)16)2-3-8(9)11(13)14/h2-4,6,10H,5H2,1H3,(H,13,14). The summed E-state index contributed by atoms with van der Waals surface area (Å²) in [5, 5.41) is 19.7. The van der Waals surface area contributed by atoms with Crippen molar-refractivity contribution >= 4 is 11.7 Å². The van der Waals surface area contributed by atoms with Crippen molar-refractivity contribution in [2.75, 3.05) is 6.61 Å². The van der Waals surface area contributed by atoms with Crippen molar-refractivity contribution in [1.82, 2.24) is 0 Å². The molecular formula is C11H11NO5. The van der Waals surface area contributed by atoms with Crippen LogP contribution in [0.3, 0.4) is 0 Å². The Morgan fingerprint density at radius 3 is 2.76 bits per heavy atom. The van der Waals surface area contributed by atoms with Gasteiger partial charge >= 0.3 is 5.97 Å². The maximum Gasteiger partial charge on any atom is 0.335 e. The largest absolute Gasteiger partial charge is 0.478 e. The predicted molar refractivity (Wildman–Crippen MR) is 58.2 cm³/mol. The zero-order chi connectivity index (χ0) is 12.6. The Balaban J connectivity index is 2.46. The van der Waals surface area contributed by atoms with Crippen LogP contribution in [0.15, 0.2) is 18.2 Å². The molecule has 0 bridgehead atoms. The van der Waals surface area contributed by atoms with E-state index in [0.717, 1.165) is 0 Å². The van der Waals surface area contributed by atoms with Crippen molar-refractivity contribution in [1.29, 1.82) is 0 Å². The molecule has 2 unspecified atom stereocenters. The van der Waals surface area contributed by atoms with Crippen molar-refractivity contribution in [3.63, 3.8) is 0 Å². The smallest absolute Gasteiger partial charge is 0.335 e. The topological polar surface area (TPSA) is 93.0 Å². The summed E-state index contributed by atoms with van der Waals surface area (Å²) in [6.45, 7) is 2.38. The molecule has 1 fully saturated rings. The third-order valence-electron chi connectivity index (χ3n) is 2.88. The number of nitro groups is 1. The zero-order valence-electron chi connectivity index (χ0n) is 9.12. The van der Waals surface area contributed by atoms with Gasteiger partial charge in [-0.05, 0) is 11.6 Å². The van der Waals surface area contributed by atoms with Gasteiger partial charge in [-0.2, -0.15) is 0 Å². The molecule has 1 aliphatic rings. The Hall–Kier alpha value is -1.95. The fourth-order valence-corrected chi connectivity index (χ4v) is 1.78. The van der Waals surface area contributed by atoms with Gasteiger partial charge < -0.3 is 9.84 Å². The van der Waals surface area contributed by atoms with Crippen molar-refractivity contribution in [3.8, 4) is 0 Å². The highest BCUT2D eigenvalue weighted by Crippen LogP contribution is 2.33. The van der Waals surface area contributed by atoms with Crippen LogP contribution < -0.4 is 0 Å². The molecule has 1 saturated heterocycles. The van der Waals surface area contributed by atoms with Crippen molar-refractivity contribution < 1.29 is 19.6 Å². The molecular weight excluding hydrogens is 226 g/mol. The summed E-state index contributed by atoms with van der Waals surface area (Å²) in [7, 11) is 0. The highest BCUT2D eigenvalue weighted by atomic mass is 16.6. The molecule has 2 atom stereocenters. The molecule has 0 saturated carbocycles. The Labute approximate surface area is 97.0 Å². The molecule has 0 amide bonds. The maximum atomic E-state index is 11.0. The van der Waals surface area contributed by atoms with E-state index >= 15 is 0 Å². The van der Waals surface area contributed by atoms with E-state index in [9.17, 15) is 14.9 Å². The van der Waals surface area contributed by atoms with Gasteiger partial charge in [0, 0.05) is 18.1 Å². The predicted octanol–water partition coefficient (Wildman–Crippen LogP) is 1.80. The Morgan fingerprint density at radius 2 is 2.29 bits per heavy atom. The third-order valence-corrected chi connectivity index (χ3v) is 2.88. The van der Waals surface area contributed by atoms with Crippen LogP contribution in [-0.2, 0) is 4.74 Å². The van der Waals surface area contributed by atoms with Gasteiger partial charge in [-0.25, -0.2) is 4.79 Å². The van der Waals surface area contributed by atoms with Gasteiger partial charge in [-0.3, -0.25) is 10.1 Å². The number of nitro benzene ring substituents is 1. The minimum atomic E-state index is -1.08. The summed E-state index contributed by atoms with van der Waals surface area (Å²) < 4.78 is 5.10. The number of ether oxygens (including phenoxy) is 1. The zero-order valence-corrected chi connectivity index (χ0v) is 9.12. The fourth-order valence-electron chi connectivity index (χ4n) is 1.78. The summed E-state index contributed by atoms with van der Waals surface area (Å²) in [6.07, 6.45) is -0.0323. The minimum absolute atomic E-state index is 0.0323. The van der Waals surface area contributed by atoms with E-state index in [4.69, 9.17) is 9.84 Å². The van der Waals surface area contributed by atoms with Gasteiger partial charge in [0.15, 0.2) is 0 Å². The third kappa shape index (κ3) is 2.26. The van der Waals surface area contributed by atoms with Crippen LogP contribution in [0.5, 0.6) is 0 Å². The van der Waals surface area contributed by atoms with Crippen LogP contribution in [0.25, 0.3) is 0 Å². The molecule has 1 N–H and O–H groups in total. The van der Waals surface area contributed by atoms with Gasteiger partial charge in [0.25, 0.3) is 5.69 Å². The van der Waals surface area contributed by atoms with Crippen LogP contribution in [0.1, 0.15) is 28.8 Å². The molecule has 0 aliphatic carbocycles. The summed E-state index contributed by atoms with van der Waals surface area (Å²) >= 11 is 0. The lowest BCUT2D eigenvalue weighted by Crippen LogP contribution is -2.10. The number of aromatic carboxylic acids is 1. The molecule has 0 spiro atoms. The molecule has 1 aromatic carbocycles. The highest BCUT2D eigenvalue weighted by molar-refractivity contribution is 5.90. The van der Waals surface area contributed by atoms with Crippen molar-refractivity contribution in [2.24, 2.45) is 0 Å². The van der Waals surface area contributed by atoms with Crippen molar-refractivity contribution in [2.45, 2.75) is 18.9 Å². The first-order valence-corrected chi connectivity index (χ1v) is 5.14. The van der Waals surface area contributed by atoms with E-state index in [1.807, 2.05) is 6.92 Å². The summed E-state index contributed by atoms with van der Waals surface area (Å²) in [6, 6.07) is 3.79. The van der Waals surface area contributed by atoms with E-state index in [-0.39, 0.29) is 23.3 Å². The second-order valence-electron chi connectivity index (χ2n) is 3.99. The molecule has 0 radical (unpaired) electrons. The van der Waals surface area contributed by atoms with E-state index in [1.165, 1.54) is 18.2 Å². The molecule has 1 heterocycles. The monoisotopic (exact) mass is 237 g/mol. The molecule has 6 heteroatoms. The van der Waals surface area contributed by atoms with Crippen LogP contribution in [0.2, 0.25) is 0 Å². The average Bonchev–Trinajstić information content (AvgIpc) is 3.10. The quantitative estimate of drug-likeness (QED) is 0.489. The molecule has 1 aliphatic heterocycles. The lowest BCUT2D eigenvalue weighted by atomic mass is 9.93. The first kappa shape index (κ1) is 11.5. The summed E-state index contributed by atoms with van der Waals surface area (Å²) in [5.41, 5.74) is 0.449. The van der Waals surface area contributed by atoms with Crippen LogP contribution in [-0.4, -0.2) is 28.7 Å².